The van der Waals surface area contributed by atoms with Crippen molar-refractivity contribution in [3.8, 4) is 5.75 Å². The average Bonchev–Trinajstić information content (AvgIpc) is 2.56. The van der Waals surface area contributed by atoms with Crippen molar-refractivity contribution in [1.82, 2.24) is 10.3 Å². The second-order valence-corrected chi connectivity index (χ2v) is 6.16. The molecule has 2 unspecified atom stereocenters. The molecule has 0 saturated carbocycles. The van der Waals surface area contributed by atoms with Gasteiger partial charge in [0.05, 0.1) is 5.92 Å². The lowest BCUT2D eigenvalue weighted by molar-refractivity contribution is -0.141. The van der Waals surface area contributed by atoms with Crippen LogP contribution in [0, 0.1) is 19.8 Å². The van der Waals surface area contributed by atoms with Crippen molar-refractivity contribution in [2.75, 3.05) is 13.1 Å². The van der Waals surface area contributed by atoms with Crippen molar-refractivity contribution >= 4 is 11.8 Å². The molecular formula is C17H25N3O3. The van der Waals surface area contributed by atoms with Crippen LogP contribution in [0.15, 0.2) is 18.2 Å². The number of piperidine rings is 1. The Bertz CT molecular complexity index is 588. The highest BCUT2D eigenvalue weighted by Gasteiger charge is 2.31. The lowest BCUT2D eigenvalue weighted by Gasteiger charge is -2.33. The smallest absolute Gasteiger partial charge is 0.263 e. The van der Waals surface area contributed by atoms with Crippen molar-refractivity contribution < 1.29 is 14.3 Å². The van der Waals surface area contributed by atoms with E-state index in [0.29, 0.717) is 13.1 Å². The number of rotatable bonds is 4. The molecule has 0 bridgehead atoms. The number of ether oxygens (including phenoxy) is 1. The molecule has 6 nitrogen and oxygen atoms in total. The largest absolute Gasteiger partial charge is 0.481 e. The van der Waals surface area contributed by atoms with Crippen LogP contribution in [-0.2, 0) is 9.59 Å². The highest BCUT2D eigenvalue weighted by molar-refractivity contribution is 5.83. The Balaban J connectivity index is 2.01. The molecule has 1 aliphatic rings. The number of carbonyl (C=O) groups excluding carboxylic acids is 2. The Kier molecular flexibility index (Phi) is 5.60. The average molecular weight is 319 g/mol. The molecule has 23 heavy (non-hydrogen) atoms. The van der Waals surface area contributed by atoms with Gasteiger partial charge in [-0.05, 0) is 50.8 Å². The van der Waals surface area contributed by atoms with Gasteiger partial charge in [-0.1, -0.05) is 12.1 Å². The van der Waals surface area contributed by atoms with Crippen molar-refractivity contribution in [1.29, 1.82) is 0 Å². The van der Waals surface area contributed by atoms with Gasteiger partial charge in [0.25, 0.3) is 5.91 Å². The Hall–Kier alpha value is -2.08. The standard InChI is InChI=1S/C17H25N3O3/c1-11-6-7-12(2)15(9-11)23-13(3)17(22)20-8-4-5-14(10-20)16(21)19-18/h6-7,9,13-14H,4-5,8,10,18H2,1-3H3,(H,19,21). The number of nitrogens with zero attached hydrogens (tertiary/aromatic N) is 1. The van der Waals surface area contributed by atoms with E-state index in [2.05, 4.69) is 5.43 Å². The van der Waals surface area contributed by atoms with Gasteiger partial charge in [0, 0.05) is 13.1 Å². The first-order chi connectivity index (χ1) is 10.9. The van der Waals surface area contributed by atoms with Crippen LogP contribution in [0.3, 0.4) is 0 Å². The quantitative estimate of drug-likeness (QED) is 0.498. The SMILES string of the molecule is Cc1ccc(C)c(OC(C)C(=O)N2CCCC(C(=O)NN)C2)c1. The van der Waals surface area contributed by atoms with Crippen LogP contribution in [0.1, 0.15) is 30.9 Å². The number of amides is 2. The second kappa shape index (κ2) is 7.46. The summed E-state index contributed by atoms with van der Waals surface area (Å²) in [5.41, 5.74) is 4.25. The van der Waals surface area contributed by atoms with Crippen LogP contribution in [0.4, 0.5) is 0 Å². The summed E-state index contributed by atoms with van der Waals surface area (Å²) >= 11 is 0. The Morgan fingerprint density at radius 3 is 2.83 bits per heavy atom. The highest BCUT2D eigenvalue weighted by atomic mass is 16.5. The van der Waals surface area contributed by atoms with Crippen LogP contribution in [-0.4, -0.2) is 35.9 Å². The number of carbonyl (C=O) groups is 2. The zero-order valence-electron chi connectivity index (χ0n) is 14.0. The molecule has 2 amide bonds. The van der Waals surface area contributed by atoms with E-state index in [9.17, 15) is 9.59 Å². The summed E-state index contributed by atoms with van der Waals surface area (Å²) in [7, 11) is 0. The first-order valence-corrected chi connectivity index (χ1v) is 7.95. The van der Waals surface area contributed by atoms with Crippen LogP contribution in [0.2, 0.25) is 0 Å². The zero-order chi connectivity index (χ0) is 17.0. The van der Waals surface area contributed by atoms with Gasteiger partial charge in [-0.15, -0.1) is 0 Å². The fourth-order valence-electron chi connectivity index (χ4n) is 2.84. The van der Waals surface area contributed by atoms with Gasteiger partial charge in [0.15, 0.2) is 6.10 Å². The number of hydrazine groups is 1. The molecule has 2 atom stereocenters. The van der Waals surface area contributed by atoms with E-state index in [1.165, 1.54) is 0 Å². The Morgan fingerprint density at radius 1 is 1.39 bits per heavy atom. The molecule has 1 heterocycles. The van der Waals surface area contributed by atoms with E-state index in [1.54, 1.807) is 11.8 Å². The molecule has 0 aliphatic carbocycles. The van der Waals surface area contributed by atoms with E-state index >= 15 is 0 Å². The molecule has 1 saturated heterocycles. The number of likely N-dealkylation sites (tertiary alicyclic amines) is 1. The molecule has 1 aromatic rings. The Morgan fingerprint density at radius 2 is 2.13 bits per heavy atom. The summed E-state index contributed by atoms with van der Waals surface area (Å²) in [6.07, 6.45) is 0.953. The molecule has 0 radical (unpaired) electrons. The van der Waals surface area contributed by atoms with E-state index in [-0.39, 0.29) is 17.7 Å². The lowest BCUT2D eigenvalue weighted by Crippen LogP contribution is -2.50. The van der Waals surface area contributed by atoms with Gasteiger partial charge in [0.2, 0.25) is 5.91 Å². The topological polar surface area (TPSA) is 84.7 Å². The minimum Gasteiger partial charge on any atom is -0.481 e. The number of hydrogen-bond donors (Lipinski definition) is 2. The normalized spacial score (nSPS) is 19.1. The van der Waals surface area contributed by atoms with E-state index in [4.69, 9.17) is 10.6 Å². The third-order valence-corrected chi connectivity index (χ3v) is 4.24. The molecule has 6 heteroatoms. The van der Waals surface area contributed by atoms with Gasteiger partial charge in [-0.3, -0.25) is 15.0 Å². The van der Waals surface area contributed by atoms with Crippen LogP contribution in [0.5, 0.6) is 5.75 Å². The molecule has 0 spiro atoms. The monoisotopic (exact) mass is 319 g/mol. The van der Waals surface area contributed by atoms with Crippen LogP contribution >= 0.6 is 0 Å². The molecule has 2 rings (SSSR count). The van der Waals surface area contributed by atoms with E-state index in [0.717, 1.165) is 29.7 Å². The van der Waals surface area contributed by atoms with Gasteiger partial charge >= 0.3 is 0 Å². The second-order valence-electron chi connectivity index (χ2n) is 6.16. The lowest BCUT2D eigenvalue weighted by atomic mass is 9.97. The third-order valence-electron chi connectivity index (χ3n) is 4.24. The summed E-state index contributed by atoms with van der Waals surface area (Å²) in [6.45, 7) is 6.72. The summed E-state index contributed by atoms with van der Waals surface area (Å²) in [5.74, 6) is 5.35. The molecular weight excluding hydrogens is 294 g/mol. The first-order valence-electron chi connectivity index (χ1n) is 7.95. The van der Waals surface area contributed by atoms with Gasteiger partial charge in [-0.2, -0.15) is 0 Å². The Labute approximate surface area is 136 Å². The number of hydrogen-bond acceptors (Lipinski definition) is 4. The fourth-order valence-corrected chi connectivity index (χ4v) is 2.84. The fraction of sp³-hybridized carbons (Fsp3) is 0.529. The van der Waals surface area contributed by atoms with Crippen molar-refractivity contribution in [2.45, 2.75) is 39.7 Å². The number of nitrogens with one attached hydrogen (secondary N) is 1. The molecule has 1 aromatic carbocycles. The highest BCUT2D eigenvalue weighted by Crippen LogP contribution is 2.22. The first kappa shape index (κ1) is 17.3. The van der Waals surface area contributed by atoms with Crippen LogP contribution in [0.25, 0.3) is 0 Å². The van der Waals surface area contributed by atoms with E-state index < -0.39 is 6.10 Å². The predicted octanol–water partition coefficient (Wildman–Crippen LogP) is 1.30. The summed E-state index contributed by atoms with van der Waals surface area (Å²) < 4.78 is 5.85. The van der Waals surface area contributed by atoms with Gasteiger partial charge < -0.3 is 9.64 Å². The van der Waals surface area contributed by atoms with Crippen molar-refractivity contribution in [3.05, 3.63) is 29.3 Å². The van der Waals surface area contributed by atoms with Crippen molar-refractivity contribution in [3.63, 3.8) is 0 Å². The summed E-state index contributed by atoms with van der Waals surface area (Å²) in [6, 6.07) is 5.92. The van der Waals surface area contributed by atoms with Crippen molar-refractivity contribution in [2.24, 2.45) is 11.8 Å². The van der Waals surface area contributed by atoms with Gasteiger partial charge in [0.1, 0.15) is 5.75 Å². The maximum absolute atomic E-state index is 12.6. The minimum atomic E-state index is -0.588. The molecule has 1 aliphatic heterocycles. The summed E-state index contributed by atoms with van der Waals surface area (Å²) in [4.78, 5) is 26.0. The molecule has 126 valence electrons. The molecule has 1 fully saturated rings. The molecule has 0 aromatic heterocycles. The zero-order valence-corrected chi connectivity index (χ0v) is 14.0. The number of aryl methyl sites for hydroxylation is 2. The maximum atomic E-state index is 12.6. The van der Waals surface area contributed by atoms with Gasteiger partial charge in [-0.25, -0.2) is 5.84 Å². The van der Waals surface area contributed by atoms with E-state index in [1.807, 2.05) is 32.0 Å². The summed E-state index contributed by atoms with van der Waals surface area (Å²) in [5, 5.41) is 0. The number of nitrogens with two attached hydrogens (primary N) is 1. The molecule has 3 N–H and O–H groups in total. The predicted molar refractivity (Wildman–Crippen MR) is 87.6 cm³/mol. The maximum Gasteiger partial charge on any atom is 0.263 e. The third kappa shape index (κ3) is 4.22. The van der Waals surface area contributed by atoms with Crippen LogP contribution < -0.4 is 16.0 Å². The minimum absolute atomic E-state index is 0.0968. The number of benzene rings is 1.